The van der Waals surface area contributed by atoms with Gasteiger partial charge in [-0.3, -0.25) is 4.99 Å². The molecule has 1 fully saturated rings. The Labute approximate surface area is 79.0 Å². The smallest absolute Gasteiger partial charge is 0.0906 e. The fourth-order valence-corrected chi connectivity index (χ4v) is 2.61. The van der Waals surface area contributed by atoms with Gasteiger partial charge < -0.3 is 5.73 Å². The first-order valence-electron chi connectivity index (χ1n) is 4.50. The molecule has 1 saturated carbocycles. The Morgan fingerprint density at radius 2 is 2.08 bits per heavy atom. The van der Waals surface area contributed by atoms with Crippen LogP contribution in [0.3, 0.4) is 0 Å². The van der Waals surface area contributed by atoms with E-state index in [2.05, 4.69) is 11.2 Å². The van der Waals surface area contributed by atoms with Crippen LogP contribution in [-0.4, -0.2) is 23.4 Å². The number of hydrogen-bond donors (Lipinski definition) is 1. The maximum atomic E-state index is 5.52. The fourth-order valence-electron chi connectivity index (χ4n) is 1.71. The molecule has 12 heavy (non-hydrogen) atoms. The summed E-state index contributed by atoms with van der Waals surface area (Å²) in [6.45, 7) is 2.78. The Morgan fingerprint density at radius 1 is 1.50 bits per heavy atom. The molecule has 0 aromatic rings. The molecule has 0 aromatic carbocycles. The Balaban J connectivity index is 2.50. The molecule has 0 radical (unpaired) electrons. The number of rotatable bonds is 3. The van der Waals surface area contributed by atoms with Crippen LogP contribution in [0.15, 0.2) is 4.99 Å². The molecule has 3 heteroatoms. The minimum Gasteiger partial charge on any atom is -0.388 e. The van der Waals surface area contributed by atoms with Gasteiger partial charge in [0.25, 0.3) is 0 Å². The van der Waals surface area contributed by atoms with Crippen LogP contribution >= 0.6 is 11.8 Å². The summed E-state index contributed by atoms with van der Waals surface area (Å²) in [5.41, 5.74) is 5.52. The molecule has 0 saturated heterocycles. The van der Waals surface area contributed by atoms with Crippen molar-refractivity contribution in [2.75, 3.05) is 12.8 Å². The molecule has 1 rings (SSSR count). The van der Waals surface area contributed by atoms with E-state index in [0.29, 0.717) is 4.75 Å². The average Bonchev–Trinajstić information content (AvgIpc) is 2.50. The normalized spacial score (nSPS) is 23.0. The van der Waals surface area contributed by atoms with Gasteiger partial charge in [0.15, 0.2) is 0 Å². The van der Waals surface area contributed by atoms with Gasteiger partial charge in [0.1, 0.15) is 0 Å². The highest BCUT2D eigenvalue weighted by Crippen LogP contribution is 2.40. The van der Waals surface area contributed by atoms with Crippen LogP contribution in [0.1, 0.15) is 32.6 Å². The Bertz CT molecular complexity index is 167. The highest BCUT2D eigenvalue weighted by Gasteiger charge is 2.32. The summed E-state index contributed by atoms with van der Waals surface area (Å²) in [4.78, 5) is 4.32. The van der Waals surface area contributed by atoms with Gasteiger partial charge in [-0.05, 0) is 26.0 Å². The largest absolute Gasteiger partial charge is 0.388 e. The lowest BCUT2D eigenvalue weighted by Crippen LogP contribution is -2.25. The molecule has 2 N–H and O–H groups in total. The van der Waals surface area contributed by atoms with Crippen LogP contribution in [0.25, 0.3) is 0 Å². The minimum absolute atomic E-state index is 0.417. The van der Waals surface area contributed by atoms with Gasteiger partial charge in [-0.2, -0.15) is 11.8 Å². The second-order valence-corrected chi connectivity index (χ2v) is 4.83. The Kier molecular flexibility index (Phi) is 3.44. The molecule has 0 unspecified atom stereocenters. The summed E-state index contributed by atoms with van der Waals surface area (Å²) >= 11 is 1.96. The van der Waals surface area contributed by atoms with Crippen LogP contribution in [0, 0.1) is 0 Å². The lowest BCUT2D eigenvalue weighted by Gasteiger charge is -2.24. The van der Waals surface area contributed by atoms with Gasteiger partial charge in [0, 0.05) is 4.75 Å². The van der Waals surface area contributed by atoms with Gasteiger partial charge in [-0.25, -0.2) is 0 Å². The summed E-state index contributed by atoms with van der Waals surface area (Å²) in [7, 11) is 0. The summed E-state index contributed by atoms with van der Waals surface area (Å²) < 4.78 is 0.417. The highest BCUT2D eigenvalue weighted by molar-refractivity contribution is 8.00. The van der Waals surface area contributed by atoms with E-state index in [0.717, 1.165) is 12.4 Å². The molecule has 70 valence electrons. The number of aliphatic imine (C=N–C) groups is 1. The third kappa shape index (κ3) is 2.41. The molecule has 2 nitrogen and oxygen atoms in total. The van der Waals surface area contributed by atoms with E-state index in [-0.39, 0.29) is 0 Å². The average molecular weight is 186 g/mol. The van der Waals surface area contributed by atoms with E-state index < -0.39 is 0 Å². The number of amidine groups is 1. The molecule has 0 bridgehead atoms. The van der Waals surface area contributed by atoms with Crippen molar-refractivity contribution in [3.8, 4) is 0 Å². The third-order valence-electron chi connectivity index (χ3n) is 2.56. The van der Waals surface area contributed by atoms with Crippen molar-refractivity contribution in [1.29, 1.82) is 0 Å². The quantitative estimate of drug-likeness (QED) is 0.541. The minimum atomic E-state index is 0.417. The van der Waals surface area contributed by atoms with E-state index >= 15 is 0 Å². The monoisotopic (exact) mass is 186 g/mol. The first-order valence-corrected chi connectivity index (χ1v) is 5.73. The summed E-state index contributed by atoms with van der Waals surface area (Å²) in [6, 6.07) is 0. The molecule has 0 aromatic heterocycles. The van der Waals surface area contributed by atoms with Crippen LogP contribution in [0.5, 0.6) is 0 Å². The number of hydrogen-bond acceptors (Lipinski definition) is 2. The third-order valence-corrected chi connectivity index (χ3v) is 3.97. The van der Waals surface area contributed by atoms with Crippen molar-refractivity contribution < 1.29 is 0 Å². The van der Waals surface area contributed by atoms with Crippen LogP contribution in [0.4, 0.5) is 0 Å². The standard InChI is InChI=1S/C9H18N2S/c1-8(10)11-7-9(12-2)5-3-4-6-9/h3-7H2,1-2H3,(H2,10,11). The van der Waals surface area contributed by atoms with Crippen molar-refractivity contribution >= 4 is 17.6 Å². The van der Waals surface area contributed by atoms with Gasteiger partial charge in [0.05, 0.1) is 12.4 Å². The molecule has 1 aliphatic rings. The van der Waals surface area contributed by atoms with Crippen molar-refractivity contribution in [3.05, 3.63) is 0 Å². The molecule has 0 atom stereocenters. The van der Waals surface area contributed by atoms with Crippen molar-refractivity contribution in [2.45, 2.75) is 37.4 Å². The molecule has 0 amide bonds. The van der Waals surface area contributed by atoms with Crippen molar-refractivity contribution in [3.63, 3.8) is 0 Å². The SMILES string of the molecule is CSC1(CN=C(C)N)CCCC1. The number of thioether (sulfide) groups is 1. The number of nitrogens with zero attached hydrogens (tertiary/aromatic N) is 1. The lowest BCUT2D eigenvalue weighted by atomic mass is 10.1. The van der Waals surface area contributed by atoms with E-state index in [4.69, 9.17) is 5.73 Å². The second-order valence-electron chi connectivity index (χ2n) is 3.55. The van der Waals surface area contributed by atoms with Crippen LogP contribution in [0.2, 0.25) is 0 Å². The summed E-state index contributed by atoms with van der Waals surface area (Å²) in [6.07, 6.45) is 7.53. The molecule has 0 aliphatic heterocycles. The van der Waals surface area contributed by atoms with Gasteiger partial charge >= 0.3 is 0 Å². The van der Waals surface area contributed by atoms with E-state index in [1.165, 1.54) is 25.7 Å². The fraction of sp³-hybridized carbons (Fsp3) is 0.889. The highest BCUT2D eigenvalue weighted by atomic mass is 32.2. The van der Waals surface area contributed by atoms with Crippen molar-refractivity contribution in [1.82, 2.24) is 0 Å². The van der Waals surface area contributed by atoms with Crippen LogP contribution in [-0.2, 0) is 0 Å². The first-order chi connectivity index (χ1) is 5.68. The maximum absolute atomic E-state index is 5.52. The number of nitrogens with two attached hydrogens (primary N) is 1. The Morgan fingerprint density at radius 3 is 2.50 bits per heavy atom. The van der Waals surface area contributed by atoms with Gasteiger partial charge in [-0.1, -0.05) is 12.8 Å². The summed E-state index contributed by atoms with van der Waals surface area (Å²) in [5.74, 6) is 0.718. The lowest BCUT2D eigenvalue weighted by molar-refractivity contribution is 0.621. The Hall–Kier alpha value is -0.180. The second kappa shape index (κ2) is 4.17. The zero-order valence-corrected chi connectivity index (χ0v) is 8.78. The van der Waals surface area contributed by atoms with Gasteiger partial charge in [-0.15, -0.1) is 0 Å². The zero-order valence-electron chi connectivity index (χ0n) is 7.97. The van der Waals surface area contributed by atoms with E-state index in [1.807, 2.05) is 18.7 Å². The maximum Gasteiger partial charge on any atom is 0.0906 e. The van der Waals surface area contributed by atoms with E-state index in [9.17, 15) is 0 Å². The van der Waals surface area contributed by atoms with E-state index in [1.54, 1.807) is 0 Å². The predicted octanol–water partition coefficient (Wildman–Crippen LogP) is 2.04. The van der Waals surface area contributed by atoms with Crippen LogP contribution < -0.4 is 5.73 Å². The predicted molar refractivity (Wildman–Crippen MR) is 56.9 cm³/mol. The molecule has 0 spiro atoms. The molecule has 0 heterocycles. The van der Waals surface area contributed by atoms with Gasteiger partial charge in [0.2, 0.25) is 0 Å². The molecular formula is C9H18N2S. The first kappa shape index (κ1) is 9.90. The zero-order chi connectivity index (χ0) is 9.03. The molecule has 1 aliphatic carbocycles. The molecular weight excluding hydrogens is 168 g/mol. The topological polar surface area (TPSA) is 38.4 Å². The summed E-state index contributed by atoms with van der Waals surface area (Å²) in [5, 5.41) is 0. The van der Waals surface area contributed by atoms with Crippen molar-refractivity contribution in [2.24, 2.45) is 10.7 Å².